The maximum Gasteiger partial charge on any atom is 0.160 e. The van der Waals surface area contributed by atoms with Gasteiger partial charge in [0.25, 0.3) is 0 Å². The molecule has 0 amide bonds. The van der Waals surface area contributed by atoms with Gasteiger partial charge in [-0.1, -0.05) is 12.1 Å². The normalized spacial score (nSPS) is 10.1. The molecule has 3 heteroatoms. The smallest absolute Gasteiger partial charge is 0.160 e. The van der Waals surface area contributed by atoms with E-state index >= 15 is 0 Å². The summed E-state index contributed by atoms with van der Waals surface area (Å²) in [6.07, 6.45) is 0.817. The summed E-state index contributed by atoms with van der Waals surface area (Å²) in [6, 6.07) is 8.02. The molecule has 0 saturated carbocycles. The molecular formula is C11H7FOS. The third kappa shape index (κ3) is 1.72. The zero-order valence-corrected chi connectivity index (χ0v) is 8.05. The Bertz CT molecular complexity index is 445. The highest BCUT2D eigenvalue weighted by Crippen LogP contribution is 2.24. The molecule has 2 aromatic rings. The number of hydrogen-bond acceptors (Lipinski definition) is 2. The lowest BCUT2D eigenvalue weighted by Gasteiger charge is -1.95. The van der Waals surface area contributed by atoms with Gasteiger partial charge in [-0.2, -0.15) is 0 Å². The summed E-state index contributed by atoms with van der Waals surface area (Å²) < 4.78 is 12.6. The van der Waals surface area contributed by atoms with E-state index in [-0.39, 0.29) is 5.82 Å². The fourth-order valence-corrected chi connectivity index (χ4v) is 1.93. The predicted octanol–water partition coefficient (Wildman–Crippen LogP) is 3.37. The van der Waals surface area contributed by atoms with Crippen LogP contribution in [0.2, 0.25) is 0 Å². The average Bonchev–Trinajstić information content (AvgIpc) is 2.67. The van der Waals surface area contributed by atoms with Gasteiger partial charge in [0.05, 0.1) is 4.88 Å². The molecule has 1 aromatic heterocycles. The van der Waals surface area contributed by atoms with Crippen LogP contribution in [-0.4, -0.2) is 6.29 Å². The van der Waals surface area contributed by atoms with E-state index in [0.717, 1.165) is 17.4 Å². The van der Waals surface area contributed by atoms with Crippen molar-refractivity contribution in [3.63, 3.8) is 0 Å². The third-order valence-electron chi connectivity index (χ3n) is 1.91. The summed E-state index contributed by atoms with van der Waals surface area (Å²) >= 11 is 1.39. The molecule has 0 unspecified atom stereocenters. The first-order valence-corrected chi connectivity index (χ1v) is 4.97. The Hall–Kier alpha value is -1.48. The van der Waals surface area contributed by atoms with Crippen LogP contribution >= 0.6 is 11.3 Å². The Morgan fingerprint density at radius 2 is 1.86 bits per heavy atom. The number of carbonyl (C=O) groups is 1. The van der Waals surface area contributed by atoms with Crippen LogP contribution < -0.4 is 0 Å². The summed E-state index contributed by atoms with van der Waals surface area (Å²) in [4.78, 5) is 11.1. The molecule has 1 nitrogen and oxygen atoms in total. The highest BCUT2D eigenvalue weighted by molar-refractivity contribution is 7.12. The predicted molar refractivity (Wildman–Crippen MR) is 55.1 cm³/mol. The SMILES string of the molecule is O=Cc1cc(-c2ccc(F)cc2)cs1. The van der Waals surface area contributed by atoms with Crippen LogP contribution in [0, 0.1) is 5.82 Å². The second-order valence-electron chi connectivity index (χ2n) is 2.86. The maximum absolute atomic E-state index is 12.6. The Labute approximate surface area is 84.8 Å². The quantitative estimate of drug-likeness (QED) is 0.688. The largest absolute Gasteiger partial charge is 0.297 e. The summed E-state index contributed by atoms with van der Waals surface area (Å²) in [6.45, 7) is 0. The lowest BCUT2D eigenvalue weighted by atomic mass is 10.1. The van der Waals surface area contributed by atoms with Crippen molar-refractivity contribution < 1.29 is 9.18 Å². The number of halogens is 1. The van der Waals surface area contributed by atoms with E-state index in [9.17, 15) is 9.18 Å². The number of thiophene rings is 1. The molecule has 0 aliphatic rings. The minimum atomic E-state index is -0.250. The first-order chi connectivity index (χ1) is 6.79. The molecule has 0 N–H and O–H groups in total. The van der Waals surface area contributed by atoms with E-state index in [0.29, 0.717) is 4.88 Å². The van der Waals surface area contributed by atoms with Crippen LogP contribution in [0.4, 0.5) is 4.39 Å². The van der Waals surface area contributed by atoms with Crippen LogP contribution in [0.15, 0.2) is 35.7 Å². The van der Waals surface area contributed by atoms with Crippen molar-refractivity contribution in [2.75, 3.05) is 0 Å². The van der Waals surface area contributed by atoms with Crippen LogP contribution in [-0.2, 0) is 0 Å². The molecule has 0 fully saturated rings. The van der Waals surface area contributed by atoms with Crippen molar-refractivity contribution in [3.8, 4) is 11.1 Å². The summed E-state index contributed by atoms with van der Waals surface area (Å²) in [5.41, 5.74) is 1.88. The fourth-order valence-electron chi connectivity index (χ4n) is 1.21. The zero-order chi connectivity index (χ0) is 9.97. The molecule has 0 bridgehead atoms. The number of carbonyl (C=O) groups excluding carboxylic acids is 1. The molecule has 0 spiro atoms. The van der Waals surface area contributed by atoms with Gasteiger partial charge < -0.3 is 0 Å². The minimum Gasteiger partial charge on any atom is -0.297 e. The van der Waals surface area contributed by atoms with E-state index in [4.69, 9.17) is 0 Å². The van der Waals surface area contributed by atoms with E-state index in [1.165, 1.54) is 23.5 Å². The second-order valence-corrected chi connectivity index (χ2v) is 3.81. The van der Waals surface area contributed by atoms with Crippen molar-refractivity contribution in [3.05, 3.63) is 46.4 Å². The fraction of sp³-hybridized carbons (Fsp3) is 0. The number of hydrogen-bond donors (Lipinski definition) is 0. The van der Waals surface area contributed by atoms with Gasteiger partial charge in [0.15, 0.2) is 6.29 Å². The number of rotatable bonds is 2. The van der Waals surface area contributed by atoms with Crippen molar-refractivity contribution in [1.29, 1.82) is 0 Å². The first kappa shape index (κ1) is 9.09. The lowest BCUT2D eigenvalue weighted by molar-refractivity contribution is 0.112. The topological polar surface area (TPSA) is 17.1 Å². The Kier molecular flexibility index (Phi) is 2.41. The van der Waals surface area contributed by atoms with Crippen LogP contribution in [0.25, 0.3) is 11.1 Å². The Morgan fingerprint density at radius 3 is 2.43 bits per heavy atom. The maximum atomic E-state index is 12.6. The van der Waals surface area contributed by atoms with E-state index in [1.807, 2.05) is 5.38 Å². The van der Waals surface area contributed by atoms with Gasteiger partial charge in [-0.25, -0.2) is 4.39 Å². The zero-order valence-electron chi connectivity index (χ0n) is 7.24. The van der Waals surface area contributed by atoms with Crippen LogP contribution in [0.5, 0.6) is 0 Å². The highest BCUT2D eigenvalue weighted by atomic mass is 32.1. The molecule has 0 atom stereocenters. The van der Waals surface area contributed by atoms with Crippen molar-refractivity contribution in [1.82, 2.24) is 0 Å². The highest BCUT2D eigenvalue weighted by Gasteiger charge is 2.01. The van der Waals surface area contributed by atoms with Crippen LogP contribution in [0.3, 0.4) is 0 Å². The Balaban J connectivity index is 2.39. The molecule has 2 rings (SSSR count). The van der Waals surface area contributed by atoms with Crippen molar-refractivity contribution >= 4 is 17.6 Å². The average molecular weight is 206 g/mol. The minimum absolute atomic E-state index is 0.250. The molecule has 0 saturated heterocycles. The molecule has 1 aromatic carbocycles. The van der Waals surface area contributed by atoms with Crippen molar-refractivity contribution in [2.45, 2.75) is 0 Å². The van der Waals surface area contributed by atoms with Gasteiger partial charge >= 0.3 is 0 Å². The summed E-state index contributed by atoms with van der Waals surface area (Å²) in [5, 5.41) is 1.89. The second kappa shape index (κ2) is 3.72. The molecule has 0 aliphatic heterocycles. The third-order valence-corrected chi connectivity index (χ3v) is 2.77. The van der Waals surface area contributed by atoms with Gasteiger partial charge in [0, 0.05) is 0 Å². The van der Waals surface area contributed by atoms with E-state index in [2.05, 4.69) is 0 Å². The van der Waals surface area contributed by atoms with Gasteiger partial charge in [-0.05, 0) is 34.7 Å². The first-order valence-electron chi connectivity index (χ1n) is 4.09. The standard InChI is InChI=1S/C11H7FOS/c12-10-3-1-8(2-4-10)9-5-11(6-13)14-7-9/h1-7H. The van der Waals surface area contributed by atoms with Gasteiger partial charge in [-0.15, -0.1) is 11.3 Å². The van der Waals surface area contributed by atoms with Crippen molar-refractivity contribution in [2.24, 2.45) is 0 Å². The van der Waals surface area contributed by atoms with E-state index in [1.54, 1.807) is 18.2 Å². The molecule has 14 heavy (non-hydrogen) atoms. The summed E-state index contributed by atoms with van der Waals surface area (Å²) in [5.74, 6) is -0.250. The molecule has 70 valence electrons. The van der Waals surface area contributed by atoms with Gasteiger partial charge in [0.2, 0.25) is 0 Å². The van der Waals surface area contributed by atoms with Gasteiger partial charge in [0.1, 0.15) is 5.82 Å². The molecule has 0 radical (unpaired) electrons. The van der Waals surface area contributed by atoms with E-state index < -0.39 is 0 Å². The summed E-state index contributed by atoms with van der Waals surface area (Å²) in [7, 11) is 0. The molecular weight excluding hydrogens is 199 g/mol. The number of benzene rings is 1. The van der Waals surface area contributed by atoms with Gasteiger partial charge in [-0.3, -0.25) is 4.79 Å². The molecule has 0 aliphatic carbocycles. The number of aldehydes is 1. The van der Waals surface area contributed by atoms with Crippen LogP contribution in [0.1, 0.15) is 9.67 Å². The Morgan fingerprint density at radius 1 is 1.14 bits per heavy atom. The molecule has 1 heterocycles. The lowest BCUT2D eigenvalue weighted by Crippen LogP contribution is -1.75. The monoisotopic (exact) mass is 206 g/mol.